The molecular weight excluding hydrogens is 406 g/mol. The summed E-state index contributed by atoms with van der Waals surface area (Å²) >= 11 is 0. The second-order valence-corrected chi connectivity index (χ2v) is 7.97. The second-order valence-electron chi connectivity index (χ2n) is 7.97. The minimum atomic E-state index is 0.297. The number of fused-ring (bicyclic) bond motifs is 1. The summed E-state index contributed by atoms with van der Waals surface area (Å²) in [5.74, 6) is 2.28. The number of nitrogens with zero attached hydrogens (tertiary/aromatic N) is 1. The van der Waals surface area contributed by atoms with E-state index in [1.807, 2.05) is 18.2 Å². The molecule has 0 saturated carbocycles. The second kappa shape index (κ2) is 11.7. The summed E-state index contributed by atoms with van der Waals surface area (Å²) in [6.07, 6.45) is 3.13. The van der Waals surface area contributed by atoms with Crippen LogP contribution in [-0.4, -0.2) is 45.0 Å². The molecule has 0 bridgehead atoms. The zero-order chi connectivity index (χ0) is 22.0. The molecule has 0 radical (unpaired) electrons. The highest BCUT2D eigenvalue weighted by molar-refractivity contribution is 5.93. The van der Waals surface area contributed by atoms with E-state index >= 15 is 0 Å². The third-order valence-electron chi connectivity index (χ3n) is 5.42. The maximum atomic E-state index is 6.06. The van der Waals surface area contributed by atoms with Gasteiger partial charge in [0.15, 0.2) is 17.5 Å². The lowest BCUT2D eigenvalue weighted by Crippen LogP contribution is -2.30. The SMILES string of the molecule is CCNC(=NCc1cccc(COC2CCOCC2)c1)Nc1ccc2c(c1)OCCCO2. The van der Waals surface area contributed by atoms with Crippen LogP contribution < -0.4 is 20.1 Å². The van der Waals surface area contributed by atoms with E-state index in [4.69, 9.17) is 23.9 Å². The maximum Gasteiger partial charge on any atom is 0.196 e. The number of ether oxygens (including phenoxy) is 4. The monoisotopic (exact) mass is 439 g/mol. The van der Waals surface area contributed by atoms with Crippen LogP contribution in [0.5, 0.6) is 11.5 Å². The van der Waals surface area contributed by atoms with Crippen LogP contribution in [0.3, 0.4) is 0 Å². The molecule has 7 heteroatoms. The first kappa shape index (κ1) is 22.4. The fraction of sp³-hybridized carbons (Fsp3) is 0.480. The molecule has 2 aromatic carbocycles. The van der Waals surface area contributed by atoms with Crippen molar-refractivity contribution < 1.29 is 18.9 Å². The van der Waals surface area contributed by atoms with Crippen LogP contribution >= 0.6 is 0 Å². The van der Waals surface area contributed by atoms with Gasteiger partial charge in [0.25, 0.3) is 0 Å². The van der Waals surface area contributed by atoms with Gasteiger partial charge in [0, 0.05) is 37.9 Å². The minimum absolute atomic E-state index is 0.297. The minimum Gasteiger partial charge on any atom is -0.490 e. The van der Waals surface area contributed by atoms with Gasteiger partial charge in [0.2, 0.25) is 0 Å². The Morgan fingerprint density at radius 1 is 1.00 bits per heavy atom. The van der Waals surface area contributed by atoms with Gasteiger partial charge < -0.3 is 29.6 Å². The third-order valence-corrected chi connectivity index (χ3v) is 5.42. The first-order valence-corrected chi connectivity index (χ1v) is 11.5. The fourth-order valence-electron chi connectivity index (χ4n) is 3.73. The number of benzene rings is 2. The lowest BCUT2D eigenvalue weighted by Gasteiger charge is -2.22. The van der Waals surface area contributed by atoms with E-state index in [0.29, 0.717) is 32.5 Å². The van der Waals surface area contributed by atoms with Crippen LogP contribution in [0, 0.1) is 0 Å². The van der Waals surface area contributed by atoms with Gasteiger partial charge in [-0.1, -0.05) is 24.3 Å². The first-order valence-electron chi connectivity index (χ1n) is 11.5. The van der Waals surface area contributed by atoms with Crippen LogP contribution in [0.1, 0.15) is 37.3 Å². The molecule has 32 heavy (non-hydrogen) atoms. The van der Waals surface area contributed by atoms with Crippen molar-refractivity contribution in [3.63, 3.8) is 0 Å². The Kier molecular flexibility index (Phi) is 8.23. The third kappa shape index (κ3) is 6.61. The van der Waals surface area contributed by atoms with Crippen molar-refractivity contribution in [2.75, 3.05) is 38.3 Å². The van der Waals surface area contributed by atoms with Crippen molar-refractivity contribution in [1.29, 1.82) is 0 Å². The molecule has 2 heterocycles. The molecule has 2 aliphatic rings. The molecule has 0 aliphatic carbocycles. The lowest BCUT2D eigenvalue weighted by atomic mass is 10.1. The van der Waals surface area contributed by atoms with Gasteiger partial charge >= 0.3 is 0 Å². The predicted molar refractivity (Wildman–Crippen MR) is 126 cm³/mol. The smallest absolute Gasteiger partial charge is 0.196 e. The average Bonchev–Trinajstić information content (AvgIpc) is 3.07. The zero-order valence-electron chi connectivity index (χ0n) is 18.8. The van der Waals surface area contributed by atoms with Crippen molar-refractivity contribution in [1.82, 2.24) is 5.32 Å². The molecule has 0 unspecified atom stereocenters. The standard InChI is InChI=1S/C25H33N3O4/c1-2-26-25(28-21-7-8-23-24(16-21)31-12-4-11-30-23)27-17-19-5-3-6-20(15-19)18-32-22-9-13-29-14-10-22/h3,5-8,15-16,22H,2,4,9-14,17-18H2,1H3,(H2,26,27,28). The Morgan fingerprint density at radius 2 is 1.81 bits per heavy atom. The number of aliphatic imine (C=N–C) groups is 1. The van der Waals surface area contributed by atoms with E-state index in [0.717, 1.165) is 67.7 Å². The van der Waals surface area contributed by atoms with E-state index < -0.39 is 0 Å². The number of hydrogen-bond donors (Lipinski definition) is 2. The lowest BCUT2D eigenvalue weighted by molar-refractivity contribution is -0.0390. The highest BCUT2D eigenvalue weighted by atomic mass is 16.5. The summed E-state index contributed by atoms with van der Waals surface area (Å²) in [7, 11) is 0. The van der Waals surface area contributed by atoms with Crippen molar-refractivity contribution >= 4 is 11.6 Å². The first-order chi connectivity index (χ1) is 15.8. The van der Waals surface area contributed by atoms with E-state index in [1.54, 1.807) is 0 Å². The topological polar surface area (TPSA) is 73.3 Å². The van der Waals surface area contributed by atoms with Gasteiger partial charge in [-0.05, 0) is 43.0 Å². The number of rotatable bonds is 7. The normalized spacial score (nSPS) is 17.0. The molecule has 0 spiro atoms. The molecule has 2 N–H and O–H groups in total. The quantitative estimate of drug-likeness (QED) is 0.499. The molecule has 0 amide bonds. The van der Waals surface area contributed by atoms with Gasteiger partial charge in [0.05, 0.1) is 32.5 Å². The zero-order valence-corrected chi connectivity index (χ0v) is 18.8. The highest BCUT2D eigenvalue weighted by Gasteiger charge is 2.14. The van der Waals surface area contributed by atoms with Gasteiger partial charge in [-0.25, -0.2) is 4.99 Å². The molecule has 2 aromatic rings. The summed E-state index contributed by atoms with van der Waals surface area (Å²) in [4.78, 5) is 4.77. The van der Waals surface area contributed by atoms with Crippen molar-refractivity contribution in [2.45, 2.75) is 45.4 Å². The van der Waals surface area contributed by atoms with Crippen LogP contribution in [0.25, 0.3) is 0 Å². The van der Waals surface area contributed by atoms with Crippen LogP contribution in [0.15, 0.2) is 47.5 Å². The average molecular weight is 440 g/mol. The predicted octanol–water partition coefficient (Wildman–Crippen LogP) is 4.12. The Labute approximate surface area is 190 Å². The van der Waals surface area contributed by atoms with Crippen LogP contribution in [0.4, 0.5) is 5.69 Å². The van der Waals surface area contributed by atoms with Crippen molar-refractivity contribution in [3.8, 4) is 11.5 Å². The summed E-state index contributed by atoms with van der Waals surface area (Å²) in [6, 6.07) is 14.3. The van der Waals surface area contributed by atoms with Crippen molar-refractivity contribution in [2.24, 2.45) is 4.99 Å². The molecule has 2 aliphatic heterocycles. The molecule has 7 nitrogen and oxygen atoms in total. The number of guanidine groups is 1. The van der Waals surface area contributed by atoms with E-state index in [-0.39, 0.29) is 0 Å². The fourth-order valence-corrected chi connectivity index (χ4v) is 3.73. The van der Waals surface area contributed by atoms with E-state index in [1.165, 1.54) is 5.56 Å². The van der Waals surface area contributed by atoms with Crippen LogP contribution in [-0.2, 0) is 22.6 Å². The van der Waals surface area contributed by atoms with E-state index in [2.05, 4.69) is 41.8 Å². The summed E-state index contributed by atoms with van der Waals surface area (Å²) < 4.78 is 23.0. The molecule has 1 fully saturated rings. The van der Waals surface area contributed by atoms with Gasteiger partial charge in [0.1, 0.15) is 0 Å². The molecule has 172 valence electrons. The molecule has 1 saturated heterocycles. The molecule has 4 rings (SSSR count). The molecular formula is C25H33N3O4. The number of nitrogens with one attached hydrogen (secondary N) is 2. The van der Waals surface area contributed by atoms with E-state index in [9.17, 15) is 0 Å². The Morgan fingerprint density at radius 3 is 2.66 bits per heavy atom. The summed E-state index contributed by atoms with van der Waals surface area (Å²) in [5.41, 5.74) is 3.23. The van der Waals surface area contributed by atoms with Gasteiger partial charge in [-0.2, -0.15) is 0 Å². The largest absolute Gasteiger partial charge is 0.490 e. The van der Waals surface area contributed by atoms with Gasteiger partial charge in [-0.15, -0.1) is 0 Å². The Bertz CT molecular complexity index is 897. The number of hydrogen-bond acceptors (Lipinski definition) is 5. The Balaban J connectivity index is 1.37. The molecule has 0 aromatic heterocycles. The number of anilines is 1. The maximum absolute atomic E-state index is 6.06. The summed E-state index contributed by atoms with van der Waals surface area (Å²) in [6.45, 7) is 6.96. The van der Waals surface area contributed by atoms with Crippen molar-refractivity contribution in [3.05, 3.63) is 53.6 Å². The Hall–Kier alpha value is -2.77. The van der Waals surface area contributed by atoms with Gasteiger partial charge in [-0.3, -0.25) is 0 Å². The highest BCUT2D eigenvalue weighted by Crippen LogP contribution is 2.32. The van der Waals surface area contributed by atoms with Crippen LogP contribution in [0.2, 0.25) is 0 Å². The summed E-state index contributed by atoms with van der Waals surface area (Å²) in [5, 5.41) is 6.68. The molecule has 0 atom stereocenters.